The molecule has 1 aliphatic rings. The van der Waals surface area contributed by atoms with Crippen LogP contribution in [0.2, 0.25) is 0 Å². The van der Waals surface area contributed by atoms with Crippen molar-refractivity contribution in [2.45, 2.75) is 12.5 Å². The summed E-state index contributed by atoms with van der Waals surface area (Å²) in [7, 11) is 1.12. The molecule has 0 saturated carbocycles. The molecule has 5 atom stereocenters. The van der Waals surface area contributed by atoms with Gasteiger partial charge >= 0.3 is 0 Å². The van der Waals surface area contributed by atoms with Crippen LogP contribution < -0.4 is 0 Å². The molecule has 0 amide bonds. The first-order valence-electron chi connectivity index (χ1n) is 4.11. The van der Waals surface area contributed by atoms with Crippen LogP contribution in [0, 0.1) is 17.0 Å². The van der Waals surface area contributed by atoms with Gasteiger partial charge in [-0.2, -0.15) is 0 Å². The molecule has 78 valence electrons. The van der Waals surface area contributed by atoms with Gasteiger partial charge in [0.05, 0.1) is 32.1 Å². The molecule has 0 radical (unpaired) electrons. The topological polar surface area (TPSA) is 104 Å². The first-order valence-corrected chi connectivity index (χ1v) is 4.11. The van der Waals surface area contributed by atoms with E-state index in [1.165, 1.54) is 0 Å². The summed E-state index contributed by atoms with van der Waals surface area (Å²) in [5.41, 5.74) is 0. The molecule has 1 aliphatic heterocycles. The van der Waals surface area contributed by atoms with E-state index in [1.807, 2.05) is 0 Å². The number of aliphatic hydroxyl groups excluding tert-OH is 4. The molecule has 0 aromatic rings. The second-order valence-electron chi connectivity index (χ2n) is 3.58. The molecule has 0 aliphatic carbocycles. The number of hydrogen-bond donors (Lipinski definition) is 4. The fourth-order valence-electron chi connectivity index (χ4n) is 1.82. The minimum atomic E-state index is -1.38. The van der Waals surface area contributed by atoms with Crippen LogP contribution in [0.4, 0.5) is 0 Å². The number of aliphatic hydroxyl groups is 4. The van der Waals surface area contributed by atoms with Crippen LogP contribution >= 0.6 is 0 Å². The summed E-state index contributed by atoms with van der Waals surface area (Å²) >= 11 is 0. The third kappa shape index (κ3) is 1.45. The molecule has 1 heterocycles. The van der Waals surface area contributed by atoms with Crippen molar-refractivity contribution in [3.63, 3.8) is 0 Å². The van der Waals surface area contributed by atoms with Gasteiger partial charge in [0.15, 0.2) is 12.5 Å². The van der Waals surface area contributed by atoms with Crippen LogP contribution in [-0.4, -0.2) is 57.8 Å². The maximum absolute atomic E-state index is 11.5. The average Bonchev–Trinajstić information content (AvgIpc) is 2.26. The van der Waals surface area contributed by atoms with E-state index in [0.29, 0.717) is 0 Å². The molecule has 0 spiro atoms. The first-order chi connectivity index (χ1) is 5.96. The summed E-state index contributed by atoms with van der Waals surface area (Å²) in [6, 6.07) is 0. The van der Waals surface area contributed by atoms with Crippen molar-refractivity contribution in [1.29, 1.82) is 0 Å². The zero-order valence-corrected chi connectivity index (χ0v) is 7.37. The Labute approximate surface area is 75.8 Å². The summed E-state index contributed by atoms with van der Waals surface area (Å²) in [6.45, 7) is -0.834. The Kier molecular flexibility index (Phi) is 2.91. The van der Waals surface area contributed by atoms with Gasteiger partial charge in [-0.1, -0.05) is 0 Å². The molecular formula is C7H15NO5. The average molecular weight is 193 g/mol. The Bertz CT molecular complexity index is 168. The standard InChI is InChI=1S/C7H15NO5/c1-8(13)6(11)4(2-9)5(3-10)7(8)12/h4-7,9-12H,2-3H2,1H3/t4-,5-,6-,7+,8?/m0/s1. The molecule has 1 unspecified atom stereocenters. The summed E-state index contributed by atoms with van der Waals surface area (Å²) in [6.07, 6.45) is -2.76. The van der Waals surface area contributed by atoms with Gasteiger partial charge in [-0.25, -0.2) is 0 Å². The van der Waals surface area contributed by atoms with Gasteiger partial charge in [-0.05, 0) is 0 Å². The van der Waals surface area contributed by atoms with Crippen LogP contribution in [0.5, 0.6) is 0 Å². The highest BCUT2D eigenvalue weighted by Crippen LogP contribution is 2.36. The molecule has 1 saturated heterocycles. The highest BCUT2D eigenvalue weighted by atomic mass is 16.6. The maximum Gasteiger partial charge on any atom is 0.197 e. The quantitative estimate of drug-likeness (QED) is 0.294. The van der Waals surface area contributed by atoms with Crippen LogP contribution in [0.15, 0.2) is 0 Å². The number of quaternary nitrogens is 1. The van der Waals surface area contributed by atoms with E-state index in [9.17, 15) is 15.4 Å². The summed E-state index contributed by atoms with van der Waals surface area (Å²) in [4.78, 5) is 0. The lowest BCUT2D eigenvalue weighted by atomic mass is 9.95. The molecular weight excluding hydrogens is 178 g/mol. The molecule has 6 nitrogen and oxygen atoms in total. The zero-order chi connectivity index (χ0) is 10.2. The van der Waals surface area contributed by atoms with Gasteiger partial charge in [-0.15, -0.1) is 0 Å². The van der Waals surface area contributed by atoms with E-state index < -0.39 is 42.2 Å². The molecule has 13 heavy (non-hydrogen) atoms. The molecule has 6 heteroatoms. The Hall–Kier alpha value is -0.240. The van der Waals surface area contributed by atoms with Crippen LogP contribution in [0.1, 0.15) is 0 Å². The Morgan fingerprint density at radius 1 is 1.08 bits per heavy atom. The SMILES string of the molecule is C[N+]1([O-])[C@H](O)[C@@H](CO)[C@H](CO)[C@@H]1O. The molecule has 1 fully saturated rings. The van der Waals surface area contributed by atoms with E-state index in [0.717, 1.165) is 7.05 Å². The van der Waals surface area contributed by atoms with Gasteiger partial charge in [0.25, 0.3) is 0 Å². The third-order valence-corrected chi connectivity index (χ3v) is 2.79. The van der Waals surface area contributed by atoms with Gasteiger partial charge in [0.1, 0.15) is 0 Å². The van der Waals surface area contributed by atoms with Crippen molar-refractivity contribution in [3.05, 3.63) is 5.21 Å². The molecule has 1 rings (SSSR count). The van der Waals surface area contributed by atoms with Crippen molar-refractivity contribution in [2.75, 3.05) is 20.3 Å². The third-order valence-electron chi connectivity index (χ3n) is 2.79. The largest absolute Gasteiger partial charge is 0.629 e. The van der Waals surface area contributed by atoms with Crippen molar-refractivity contribution in [2.24, 2.45) is 11.8 Å². The first kappa shape index (κ1) is 10.8. The molecule has 0 aromatic carbocycles. The minimum absolute atomic E-state index is 0.417. The molecule has 0 aromatic heterocycles. The highest BCUT2D eigenvalue weighted by molar-refractivity contribution is 4.81. The van der Waals surface area contributed by atoms with Gasteiger partial charge < -0.3 is 30.3 Å². The number of hydrogen-bond acceptors (Lipinski definition) is 5. The Balaban J connectivity index is 2.89. The van der Waals surface area contributed by atoms with Crippen LogP contribution in [0.25, 0.3) is 0 Å². The van der Waals surface area contributed by atoms with E-state index in [-0.39, 0.29) is 0 Å². The fraction of sp³-hybridized carbons (Fsp3) is 1.00. The monoisotopic (exact) mass is 193 g/mol. The van der Waals surface area contributed by atoms with Gasteiger partial charge in [-0.3, -0.25) is 0 Å². The lowest BCUT2D eigenvalue weighted by Crippen LogP contribution is -2.50. The second-order valence-corrected chi connectivity index (χ2v) is 3.58. The maximum atomic E-state index is 11.5. The number of rotatable bonds is 2. The number of nitrogens with zero attached hydrogens (tertiary/aromatic N) is 1. The molecule has 4 N–H and O–H groups in total. The van der Waals surface area contributed by atoms with Crippen molar-refractivity contribution in [1.82, 2.24) is 0 Å². The minimum Gasteiger partial charge on any atom is -0.629 e. The normalized spacial score (nSPS) is 51.2. The molecule has 0 bridgehead atoms. The predicted octanol–water partition coefficient (Wildman–Crippen LogP) is -2.20. The summed E-state index contributed by atoms with van der Waals surface area (Å²) in [5, 5.41) is 48.1. The van der Waals surface area contributed by atoms with Crippen molar-refractivity contribution < 1.29 is 25.1 Å². The fourth-order valence-corrected chi connectivity index (χ4v) is 1.82. The predicted molar refractivity (Wildman–Crippen MR) is 42.7 cm³/mol. The number of hydroxylamine groups is 3. The van der Waals surface area contributed by atoms with Gasteiger partial charge in [0, 0.05) is 0 Å². The lowest BCUT2D eigenvalue weighted by molar-refractivity contribution is -0.941. The Morgan fingerprint density at radius 3 is 1.62 bits per heavy atom. The van der Waals surface area contributed by atoms with Crippen molar-refractivity contribution in [3.8, 4) is 0 Å². The zero-order valence-electron chi connectivity index (χ0n) is 7.37. The van der Waals surface area contributed by atoms with Crippen LogP contribution in [0.3, 0.4) is 0 Å². The smallest absolute Gasteiger partial charge is 0.197 e. The van der Waals surface area contributed by atoms with Crippen LogP contribution in [-0.2, 0) is 0 Å². The number of likely N-dealkylation sites (tertiary alicyclic amines) is 1. The van der Waals surface area contributed by atoms with E-state index in [2.05, 4.69) is 0 Å². The lowest BCUT2D eigenvalue weighted by Gasteiger charge is -2.40. The van der Waals surface area contributed by atoms with Crippen molar-refractivity contribution >= 4 is 0 Å². The summed E-state index contributed by atoms with van der Waals surface area (Å²) < 4.78 is -1.24. The summed E-state index contributed by atoms with van der Waals surface area (Å²) in [5.74, 6) is -1.52. The second kappa shape index (κ2) is 3.49. The highest BCUT2D eigenvalue weighted by Gasteiger charge is 2.53. The van der Waals surface area contributed by atoms with Gasteiger partial charge in [0.2, 0.25) is 0 Å². The Morgan fingerprint density at radius 2 is 1.38 bits per heavy atom. The van der Waals surface area contributed by atoms with E-state index in [4.69, 9.17) is 10.2 Å². The van der Waals surface area contributed by atoms with E-state index >= 15 is 0 Å². The van der Waals surface area contributed by atoms with E-state index in [1.54, 1.807) is 0 Å².